The molecule has 2 aromatic rings. The van der Waals surface area contributed by atoms with E-state index in [-0.39, 0.29) is 11.8 Å². The number of hydrogen-bond acceptors (Lipinski definition) is 5. The number of rotatable bonds is 4. The highest BCUT2D eigenvalue weighted by Crippen LogP contribution is 2.53. The maximum Gasteiger partial charge on any atom is 0.251 e. The van der Waals surface area contributed by atoms with Gasteiger partial charge in [-0.3, -0.25) is 9.59 Å². The van der Waals surface area contributed by atoms with Crippen LogP contribution in [0.15, 0.2) is 28.8 Å². The van der Waals surface area contributed by atoms with E-state index in [4.69, 9.17) is 4.52 Å². The summed E-state index contributed by atoms with van der Waals surface area (Å²) >= 11 is 0. The fourth-order valence-corrected chi connectivity index (χ4v) is 3.68. The van der Waals surface area contributed by atoms with E-state index in [9.17, 15) is 9.59 Å². The van der Waals surface area contributed by atoms with Gasteiger partial charge in [0.25, 0.3) is 5.91 Å². The van der Waals surface area contributed by atoms with Crippen LogP contribution in [0.25, 0.3) is 11.4 Å². The van der Waals surface area contributed by atoms with Crippen LogP contribution in [0.3, 0.4) is 0 Å². The second kappa shape index (κ2) is 6.79. The monoisotopic (exact) mass is 368 g/mol. The van der Waals surface area contributed by atoms with Crippen LogP contribution in [0.5, 0.6) is 0 Å². The number of amides is 2. The maximum absolute atomic E-state index is 12.6. The molecule has 0 unspecified atom stereocenters. The van der Waals surface area contributed by atoms with E-state index in [2.05, 4.69) is 15.5 Å². The standard InChI is InChI=1S/C20H24N4O3/c1-13(19(26)24-11-9-20(7-8-20)10-12-24)21-18(25)16-5-3-15(4-6-16)17-22-14(2)27-23-17/h3-6,13H,7-12H2,1-2H3,(H,21,25)/t13-/m0/s1. The van der Waals surface area contributed by atoms with Crippen molar-refractivity contribution in [2.24, 2.45) is 5.41 Å². The molecule has 7 nitrogen and oxygen atoms in total. The van der Waals surface area contributed by atoms with Gasteiger partial charge < -0.3 is 14.7 Å². The Labute approximate surface area is 158 Å². The Morgan fingerprint density at radius 1 is 1.15 bits per heavy atom. The van der Waals surface area contributed by atoms with Gasteiger partial charge in [-0.2, -0.15) is 4.98 Å². The number of aromatic nitrogens is 2. The molecule has 1 aliphatic heterocycles. The molecule has 2 amide bonds. The lowest BCUT2D eigenvalue weighted by molar-refractivity contribution is -0.134. The van der Waals surface area contributed by atoms with Gasteiger partial charge in [-0.1, -0.05) is 17.3 Å². The van der Waals surface area contributed by atoms with E-state index in [1.807, 2.05) is 4.90 Å². The molecule has 1 aliphatic carbocycles. The number of nitrogens with zero attached hydrogens (tertiary/aromatic N) is 3. The first-order chi connectivity index (χ1) is 13.0. The Morgan fingerprint density at radius 3 is 2.37 bits per heavy atom. The maximum atomic E-state index is 12.6. The van der Waals surface area contributed by atoms with Gasteiger partial charge in [0, 0.05) is 31.1 Å². The van der Waals surface area contributed by atoms with Gasteiger partial charge in [0.1, 0.15) is 6.04 Å². The van der Waals surface area contributed by atoms with Crippen molar-refractivity contribution >= 4 is 11.8 Å². The van der Waals surface area contributed by atoms with E-state index in [1.165, 1.54) is 12.8 Å². The van der Waals surface area contributed by atoms with E-state index >= 15 is 0 Å². The Bertz CT molecular complexity index is 844. The normalized spacial score (nSPS) is 19.0. The van der Waals surface area contributed by atoms with Crippen molar-refractivity contribution in [3.8, 4) is 11.4 Å². The SMILES string of the molecule is Cc1nc(-c2ccc(C(=O)N[C@@H](C)C(=O)N3CCC4(CC3)CC4)cc2)no1. The molecule has 1 atom stereocenters. The van der Waals surface area contributed by atoms with E-state index < -0.39 is 6.04 Å². The van der Waals surface area contributed by atoms with Crippen LogP contribution in [0, 0.1) is 12.3 Å². The van der Waals surface area contributed by atoms with Gasteiger partial charge in [0.05, 0.1) is 0 Å². The van der Waals surface area contributed by atoms with E-state index in [0.717, 1.165) is 31.5 Å². The number of aryl methyl sites for hydroxylation is 1. The van der Waals surface area contributed by atoms with Crippen LogP contribution >= 0.6 is 0 Å². The highest BCUT2D eigenvalue weighted by molar-refractivity contribution is 5.97. The van der Waals surface area contributed by atoms with Crippen LogP contribution in [0.1, 0.15) is 48.9 Å². The smallest absolute Gasteiger partial charge is 0.251 e. The van der Waals surface area contributed by atoms with Crippen molar-refractivity contribution in [3.63, 3.8) is 0 Å². The highest BCUT2D eigenvalue weighted by Gasteiger charge is 2.45. The van der Waals surface area contributed by atoms with Crippen molar-refractivity contribution in [1.29, 1.82) is 0 Å². The summed E-state index contributed by atoms with van der Waals surface area (Å²) in [6, 6.07) is 6.40. The Hall–Kier alpha value is -2.70. The van der Waals surface area contributed by atoms with Crippen molar-refractivity contribution in [3.05, 3.63) is 35.7 Å². The molecule has 0 radical (unpaired) electrons. The molecule has 2 aliphatic rings. The average molecular weight is 368 g/mol. The third-order valence-electron chi connectivity index (χ3n) is 5.74. The zero-order valence-corrected chi connectivity index (χ0v) is 15.7. The fraction of sp³-hybridized carbons (Fsp3) is 0.500. The predicted octanol–water partition coefficient (Wildman–Crippen LogP) is 2.57. The molecule has 1 spiro atoms. The van der Waals surface area contributed by atoms with Crippen LogP contribution in [-0.2, 0) is 4.79 Å². The van der Waals surface area contributed by atoms with Gasteiger partial charge in [-0.15, -0.1) is 0 Å². The van der Waals surface area contributed by atoms with Gasteiger partial charge in [-0.25, -0.2) is 0 Å². The van der Waals surface area contributed by atoms with Crippen LogP contribution in [-0.4, -0.2) is 46.0 Å². The number of carbonyl (C=O) groups excluding carboxylic acids is 2. The molecular weight excluding hydrogens is 344 g/mol. The van der Waals surface area contributed by atoms with Crippen LogP contribution < -0.4 is 5.32 Å². The summed E-state index contributed by atoms with van der Waals surface area (Å²) in [7, 11) is 0. The third-order valence-corrected chi connectivity index (χ3v) is 5.74. The largest absolute Gasteiger partial charge is 0.341 e. The summed E-state index contributed by atoms with van der Waals surface area (Å²) in [5, 5.41) is 6.67. The topological polar surface area (TPSA) is 88.3 Å². The predicted molar refractivity (Wildman–Crippen MR) is 98.9 cm³/mol. The molecule has 142 valence electrons. The first-order valence-corrected chi connectivity index (χ1v) is 9.46. The van der Waals surface area contributed by atoms with Gasteiger partial charge in [0.2, 0.25) is 17.6 Å². The minimum Gasteiger partial charge on any atom is -0.341 e. The summed E-state index contributed by atoms with van der Waals surface area (Å²) in [5.41, 5.74) is 1.80. The molecule has 1 saturated heterocycles. The molecule has 27 heavy (non-hydrogen) atoms. The molecule has 4 rings (SSSR count). The molecule has 2 heterocycles. The molecular formula is C20H24N4O3. The number of likely N-dealkylation sites (tertiary alicyclic amines) is 1. The van der Waals surface area contributed by atoms with Gasteiger partial charge in [-0.05, 0) is 50.2 Å². The second-order valence-electron chi connectivity index (χ2n) is 7.73. The molecule has 1 N–H and O–H groups in total. The Kier molecular flexibility index (Phi) is 4.45. The number of hydrogen-bond donors (Lipinski definition) is 1. The Balaban J connectivity index is 1.34. The molecule has 2 fully saturated rings. The Morgan fingerprint density at radius 2 is 1.81 bits per heavy atom. The van der Waals surface area contributed by atoms with Crippen LogP contribution in [0.4, 0.5) is 0 Å². The summed E-state index contributed by atoms with van der Waals surface area (Å²) < 4.78 is 4.97. The highest BCUT2D eigenvalue weighted by atomic mass is 16.5. The zero-order chi connectivity index (χ0) is 19.0. The molecule has 7 heteroatoms. The average Bonchev–Trinajstić information content (AvgIpc) is 3.29. The van der Waals surface area contributed by atoms with Crippen molar-refractivity contribution in [1.82, 2.24) is 20.4 Å². The molecule has 0 bridgehead atoms. The van der Waals surface area contributed by atoms with Gasteiger partial charge >= 0.3 is 0 Å². The van der Waals surface area contributed by atoms with Gasteiger partial charge in [0.15, 0.2) is 0 Å². The number of nitrogens with one attached hydrogen (secondary N) is 1. The van der Waals surface area contributed by atoms with E-state index in [1.54, 1.807) is 38.1 Å². The lowest BCUT2D eigenvalue weighted by Crippen LogP contribution is -2.49. The summed E-state index contributed by atoms with van der Waals surface area (Å²) in [4.78, 5) is 31.1. The first kappa shape index (κ1) is 17.7. The summed E-state index contributed by atoms with van der Waals surface area (Å²) in [6.07, 6.45) is 4.80. The summed E-state index contributed by atoms with van der Waals surface area (Å²) in [6.45, 7) is 5.08. The van der Waals surface area contributed by atoms with Crippen molar-refractivity contribution in [2.75, 3.05) is 13.1 Å². The number of benzene rings is 1. The fourth-order valence-electron chi connectivity index (χ4n) is 3.68. The molecule has 1 aromatic heterocycles. The molecule has 1 aromatic carbocycles. The van der Waals surface area contributed by atoms with Crippen LogP contribution in [0.2, 0.25) is 0 Å². The van der Waals surface area contributed by atoms with Crippen molar-refractivity contribution in [2.45, 2.75) is 45.6 Å². The molecule has 1 saturated carbocycles. The lowest BCUT2D eigenvalue weighted by atomic mass is 9.93. The van der Waals surface area contributed by atoms with E-state index in [0.29, 0.717) is 22.7 Å². The summed E-state index contributed by atoms with van der Waals surface area (Å²) in [5.74, 6) is 0.714. The number of piperidine rings is 1. The zero-order valence-electron chi connectivity index (χ0n) is 15.7. The number of carbonyl (C=O) groups is 2. The minimum absolute atomic E-state index is 0.00209. The van der Waals surface area contributed by atoms with Crippen molar-refractivity contribution < 1.29 is 14.1 Å². The third kappa shape index (κ3) is 3.72. The first-order valence-electron chi connectivity index (χ1n) is 9.46. The quantitative estimate of drug-likeness (QED) is 0.896. The second-order valence-corrected chi connectivity index (χ2v) is 7.73. The lowest BCUT2D eigenvalue weighted by Gasteiger charge is -2.33. The minimum atomic E-state index is -0.537.